The Hall–Kier alpha value is -2.20. The number of nitrogen functional groups attached to an aromatic ring is 1. The van der Waals surface area contributed by atoms with Gasteiger partial charge in [-0.05, 0) is 35.9 Å². The summed E-state index contributed by atoms with van der Waals surface area (Å²) < 4.78 is 5.61. The van der Waals surface area contributed by atoms with Crippen LogP contribution < -0.4 is 10.5 Å². The second kappa shape index (κ2) is 4.82. The molecule has 0 atom stereocenters. The third-order valence-corrected chi connectivity index (χ3v) is 3.02. The van der Waals surface area contributed by atoms with Gasteiger partial charge in [-0.2, -0.15) is 4.98 Å². The van der Waals surface area contributed by atoms with Crippen molar-refractivity contribution in [2.75, 3.05) is 5.73 Å². The van der Waals surface area contributed by atoms with Gasteiger partial charge in [0, 0.05) is 10.7 Å². The average Bonchev–Trinajstić information content (AvgIpc) is 2.80. The molecule has 3 aromatic rings. The molecule has 0 spiro atoms. The number of imidazole rings is 1. The summed E-state index contributed by atoms with van der Waals surface area (Å²) in [4.78, 5) is 7.41. The normalized spacial score (nSPS) is 10.8. The van der Waals surface area contributed by atoms with Crippen molar-refractivity contribution in [2.24, 2.45) is 0 Å². The smallest absolute Gasteiger partial charge is 0.294 e. The zero-order valence-electron chi connectivity index (χ0n) is 10.1. The number of halogens is 1. The van der Waals surface area contributed by atoms with Crippen LogP contribution in [0.5, 0.6) is 6.01 Å². The van der Waals surface area contributed by atoms with E-state index in [0.717, 1.165) is 16.6 Å². The quantitative estimate of drug-likeness (QED) is 0.719. The molecule has 0 bridgehead atoms. The van der Waals surface area contributed by atoms with Gasteiger partial charge in [0.25, 0.3) is 6.01 Å². The van der Waals surface area contributed by atoms with Gasteiger partial charge in [0.2, 0.25) is 0 Å². The van der Waals surface area contributed by atoms with E-state index < -0.39 is 0 Å². The molecule has 19 heavy (non-hydrogen) atoms. The minimum Gasteiger partial charge on any atom is -0.460 e. The van der Waals surface area contributed by atoms with E-state index in [1.165, 1.54) is 0 Å². The lowest BCUT2D eigenvalue weighted by molar-refractivity contribution is 0.285. The molecule has 3 N–H and O–H groups in total. The van der Waals surface area contributed by atoms with E-state index in [1.807, 2.05) is 42.5 Å². The molecular formula is C14H12ClN3O. The third kappa shape index (κ3) is 2.63. The molecule has 0 fully saturated rings. The van der Waals surface area contributed by atoms with Crippen LogP contribution in [0.4, 0.5) is 5.69 Å². The van der Waals surface area contributed by atoms with Gasteiger partial charge in [0.15, 0.2) is 0 Å². The maximum Gasteiger partial charge on any atom is 0.294 e. The number of hydrogen-bond acceptors (Lipinski definition) is 3. The fraction of sp³-hybridized carbons (Fsp3) is 0.0714. The van der Waals surface area contributed by atoms with Crippen LogP contribution in [0, 0.1) is 0 Å². The van der Waals surface area contributed by atoms with Gasteiger partial charge < -0.3 is 15.5 Å². The molecule has 0 unspecified atom stereocenters. The van der Waals surface area contributed by atoms with Gasteiger partial charge in [-0.1, -0.05) is 23.7 Å². The van der Waals surface area contributed by atoms with Gasteiger partial charge in [-0.15, -0.1) is 0 Å². The maximum atomic E-state index is 5.83. The van der Waals surface area contributed by atoms with Crippen LogP contribution >= 0.6 is 11.6 Å². The van der Waals surface area contributed by atoms with Gasteiger partial charge in [0.05, 0.1) is 11.0 Å². The SMILES string of the molecule is Nc1ccc2nc(OCc3ccc(Cl)cc3)[nH]c2c1. The van der Waals surface area contributed by atoms with Gasteiger partial charge in [-0.3, -0.25) is 0 Å². The van der Waals surface area contributed by atoms with Gasteiger partial charge >= 0.3 is 0 Å². The fourth-order valence-corrected chi connectivity index (χ4v) is 1.93. The molecule has 0 saturated heterocycles. The first-order chi connectivity index (χ1) is 9.20. The zero-order chi connectivity index (χ0) is 13.2. The fourth-order valence-electron chi connectivity index (χ4n) is 1.80. The van der Waals surface area contributed by atoms with E-state index in [-0.39, 0.29) is 0 Å². The molecular weight excluding hydrogens is 262 g/mol. The molecule has 1 heterocycles. The van der Waals surface area contributed by atoms with Crippen molar-refractivity contribution < 1.29 is 4.74 Å². The largest absolute Gasteiger partial charge is 0.460 e. The highest BCUT2D eigenvalue weighted by atomic mass is 35.5. The first-order valence-corrected chi connectivity index (χ1v) is 6.21. The van der Waals surface area contributed by atoms with Gasteiger partial charge in [-0.25, -0.2) is 0 Å². The summed E-state index contributed by atoms with van der Waals surface area (Å²) in [6, 6.07) is 13.5. The molecule has 0 aliphatic carbocycles. The molecule has 1 aromatic heterocycles. The maximum absolute atomic E-state index is 5.83. The van der Waals surface area contributed by atoms with Crippen LogP contribution in [-0.4, -0.2) is 9.97 Å². The Morgan fingerprint density at radius 3 is 2.74 bits per heavy atom. The number of ether oxygens (including phenoxy) is 1. The van der Waals surface area contributed by atoms with E-state index in [9.17, 15) is 0 Å². The number of nitrogens with one attached hydrogen (secondary N) is 1. The molecule has 0 aliphatic rings. The Labute approximate surface area is 115 Å². The van der Waals surface area contributed by atoms with E-state index >= 15 is 0 Å². The molecule has 5 heteroatoms. The Bertz CT molecular complexity index is 706. The van der Waals surface area contributed by atoms with Crippen LogP contribution in [0.25, 0.3) is 11.0 Å². The van der Waals surface area contributed by atoms with Crippen LogP contribution in [0.3, 0.4) is 0 Å². The lowest BCUT2D eigenvalue weighted by atomic mass is 10.2. The van der Waals surface area contributed by atoms with Crippen LogP contribution in [-0.2, 0) is 6.61 Å². The number of hydrogen-bond donors (Lipinski definition) is 2. The highest BCUT2D eigenvalue weighted by Crippen LogP contribution is 2.19. The van der Waals surface area contributed by atoms with Crippen molar-refractivity contribution in [3.05, 3.63) is 53.1 Å². The van der Waals surface area contributed by atoms with Crippen molar-refractivity contribution in [3.8, 4) is 6.01 Å². The molecule has 3 rings (SSSR count). The highest BCUT2D eigenvalue weighted by molar-refractivity contribution is 6.30. The first kappa shape index (κ1) is 11.9. The van der Waals surface area contributed by atoms with Crippen LogP contribution in [0.15, 0.2) is 42.5 Å². The van der Waals surface area contributed by atoms with Crippen molar-refractivity contribution in [3.63, 3.8) is 0 Å². The Balaban J connectivity index is 1.76. The molecule has 2 aromatic carbocycles. The average molecular weight is 274 g/mol. The number of benzene rings is 2. The van der Waals surface area contributed by atoms with Crippen molar-refractivity contribution in [1.29, 1.82) is 0 Å². The monoisotopic (exact) mass is 273 g/mol. The lowest BCUT2D eigenvalue weighted by Gasteiger charge is -2.02. The summed E-state index contributed by atoms with van der Waals surface area (Å²) in [5.41, 5.74) is 9.14. The minimum atomic E-state index is 0.437. The number of anilines is 1. The predicted octanol–water partition coefficient (Wildman–Crippen LogP) is 3.38. The van der Waals surface area contributed by atoms with Crippen molar-refractivity contribution in [1.82, 2.24) is 9.97 Å². The van der Waals surface area contributed by atoms with Crippen molar-refractivity contribution in [2.45, 2.75) is 6.61 Å². The summed E-state index contributed by atoms with van der Waals surface area (Å²) >= 11 is 5.83. The predicted molar refractivity (Wildman–Crippen MR) is 76.3 cm³/mol. The number of aromatic amines is 1. The van der Waals surface area contributed by atoms with E-state index in [2.05, 4.69) is 9.97 Å². The molecule has 0 radical (unpaired) electrons. The summed E-state index contributed by atoms with van der Waals surface area (Å²) in [5, 5.41) is 0.711. The second-order valence-electron chi connectivity index (χ2n) is 4.23. The molecule has 0 aliphatic heterocycles. The number of rotatable bonds is 3. The number of nitrogens with zero attached hydrogens (tertiary/aromatic N) is 1. The highest BCUT2D eigenvalue weighted by Gasteiger charge is 2.04. The van der Waals surface area contributed by atoms with Crippen molar-refractivity contribution >= 4 is 28.3 Å². The van der Waals surface area contributed by atoms with E-state index in [1.54, 1.807) is 0 Å². The Morgan fingerprint density at radius 1 is 1.16 bits per heavy atom. The second-order valence-corrected chi connectivity index (χ2v) is 4.67. The summed E-state index contributed by atoms with van der Waals surface area (Å²) in [6.45, 7) is 0.437. The topological polar surface area (TPSA) is 63.9 Å². The van der Waals surface area contributed by atoms with Crippen LogP contribution in [0.2, 0.25) is 5.02 Å². The number of aromatic nitrogens is 2. The first-order valence-electron chi connectivity index (χ1n) is 5.83. The third-order valence-electron chi connectivity index (χ3n) is 2.77. The zero-order valence-corrected chi connectivity index (χ0v) is 10.8. The summed E-state index contributed by atoms with van der Waals surface area (Å²) in [6.07, 6.45) is 0. The molecule has 4 nitrogen and oxygen atoms in total. The number of fused-ring (bicyclic) bond motifs is 1. The Kier molecular flexibility index (Phi) is 3.01. The number of H-pyrrole nitrogens is 1. The van der Waals surface area contributed by atoms with Gasteiger partial charge in [0.1, 0.15) is 6.61 Å². The Morgan fingerprint density at radius 2 is 1.95 bits per heavy atom. The van der Waals surface area contributed by atoms with E-state index in [4.69, 9.17) is 22.1 Å². The minimum absolute atomic E-state index is 0.437. The summed E-state index contributed by atoms with van der Waals surface area (Å²) in [5.74, 6) is 0. The lowest BCUT2D eigenvalue weighted by Crippen LogP contribution is -1.96. The number of nitrogens with two attached hydrogens (primary N) is 1. The standard InChI is InChI=1S/C14H12ClN3O/c15-10-3-1-9(2-4-10)8-19-14-17-12-6-5-11(16)7-13(12)18-14/h1-7H,8,16H2,(H,17,18). The molecule has 0 saturated carbocycles. The van der Waals surface area contributed by atoms with E-state index in [0.29, 0.717) is 23.3 Å². The molecule has 0 amide bonds. The molecule has 96 valence electrons. The summed E-state index contributed by atoms with van der Waals surface area (Å²) in [7, 11) is 0. The van der Waals surface area contributed by atoms with Crippen LogP contribution in [0.1, 0.15) is 5.56 Å².